The van der Waals surface area contributed by atoms with Crippen LogP contribution in [0.25, 0.3) is 94.3 Å². The Hall–Kier alpha value is -7.30. The lowest BCUT2D eigenvalue weighted by Gasteiger charge is -2.22. The Morgan fingerprint density at radius 3 is 1.72 bits per heavy atom. The molecule has 0 spiro atoms. The normalized spacial score (nSPS) is 11.7. The summed E-state index contributed by atoms with van der Waals surface area (Å²) >= 11 is 0. The summed E-state index contributed by atoms with van der Waals surface area (Å²) in [7, 11) is 0. The van der Waals surface area contributed by atoms with Crippen molar-refractivity contribution in [2.24, 2.45) is 0 Å². The summed E-state index contributed by atoms with van der Waals surface area (Å²) in [5, 5.41) is 16.0. The summed E-state index contributed by atoms with van der Waals surface area (Å²) in [5.41, 5.74) is 14.0. The van der Waals surface area contributed by atoms with Crippen LogP contribution in [-0.2, 0) is 0 Å². The Morgan fingerprint density at radius 1 is 0.467 bits per heavy atom. The van der Waals surface area contributed by atoms with Gasteiger partial charge in [0.1, 0.15) is 17.3 Å². The number of phenolic OH excluding ortho intramolecular Hbond substituents is 1. The maximum atomic E-state index is 11.1. The first-order valence-electron chi connectivity index (χ1n) is 20.9. The Kier molecular flexibility index (Phi) is 9.33. The molecule has 2 aromatic heterocycles. The molecule has 10 aromatic rings. The van der Waals surface area contributed by atoms with Crippen LogP contribution in [-0.4, -0.2) is 19.6 Å². The van der Waals surface area contributed by atoms with E-state index >= 15 is 0 Å². The van der Waals surface area contributed by atoms with Gasteiger partial charge in [0.2, 0.25) is 0 Å². The van der Waals surface area contributed by atoms with E-state index in [4.69, 9.17) is 9.97 Å². The smallest absolute Gasteiger partial charge is 0.145 e. The molecule has 0 saturated heterocycles. The fraction of sp³-hybridized carbons (Fsp3) is 0.107. The largest absolute Gasteiger partial charge is 0.507 e. The van der Waals surface area contributed by atoms with Crippen LogP contribution in [0.5, 0.6) is 5.75 Å². The average molecular weight is 776 g/mol. The molecule has 0 aliphatic carbocycles. The standard InChI is InChI=1S/C56H45N3O/c1-35(2)43-21-13-22-44(36(3)4)55(43)59-34-50(49-32-31-41-29-28-40-20-12-26-51(60)53(40)54(41)57-49)58-56(59)47-25-11-19-39-27-30-42(33-48(39)47)52-45(37-15-7-5-8-16-37)23-14-24-46(52)38-17-9-6-10-18-38/h5-36,60H,1-4H3. The van der Waals surface area contributed by atoms with Crippen molar-refractivity contribution >= 4 is 32.4 Å². The quantitative estimate of drug-likeness (QED) is 0.156. The lowest BCUT2D eigenvalue weighted by molar-refractivity contribution is 0.482. The van der Waals surface area contributed by atoms with Crippen molar-refractivity contribution < 1.29 is 5.11 Å². The number of benzene rings is 8. The number of rotatable bonds is 8. The zero-order chi connectivity index (χ0) is 40.9. The number of fused-ring (bicyclic) bond motifs is 4. The van der Waals surface area contributed by atoms with E-state index in [2.05, 4.69) is 190 Å². The van der Waals surface area contributed by atoms with Crippen molar-refractivity contribution in [1.82, 2.24) is 14.5 Å². The molecule has 8 aromatic carbocycles. The van der Waals surface area contributed by atoms with E-state index in [-0.39, 0.29) is 17.6 Å². The van der Waals surface area contributed by atoms with E-state index in [9.17, 15) is 5.11 Å². The highest BCUT2D eigenvalue weighted by Gasteiger charge is 2.24. The summed E-state index contributed by atoms with van der Waals surface area (Å²) in [6.45, 7) is 9.06. The van der Waals surface area contributed by atoms with Crippen molar-refractivity contribution in [3.05, 3.63) is 193 Å². The van der Waals surface area contributed by atoms with Crippen LogP contribution in [0.15, 0.2) is 182 Å². The number of nitrogens with zero attached hydrogens (tertiary/aromatic N) is 3. The monoisotopic (exact) mass is 775 g/mol. The molecule has 0 fully saturated rings. The summed E-state index contributed by atoms with van der Waals surface area (Å²) in [4.78, 5) is 10.8. The average Bonchev–Trinajstić information content (AvgIpc) is 3.73. The topological polar surface area (TPSA) is 50.9 Å². The van der Waals surface area contributed by atoms with Gasteiger partial charge >= 0.3 is 0 Å². The number of pyridine rings is 1. The van der Waals surface area contributed by atoms with Crippen molar-refractivity contribution in [1.29, 1.82) is 0 Å². The molecule has 4 heteroatoms. The molecule has 10 rings (SSSR count). The lowest BCUT2D eigenvalue weighted by atomic mass is 9.86. The number of aromatic hydroxyl groups is 1. The zero-order valence-electron chi connectivity index (χ0n) is 34.3. The molecule has 4 nitrogen and oxygen atoms in total. The highest BCUT2D eigenvalue weighted by Crippen LogP contribution is 2.44. The molecule has 0 unspecified atom stereocenters. The van der Waals surface area contributed by atoms with E-state index in [0.717, 1.165) is 66.5 Å². The second-order valence-corrected chi connectivity index (χ2v) is 16.3. The van der Waals surface area contributed by atoms with Gasteiger partial charge in [0.05, 0.1) is 16.9 Å². The fourth-order valence-electron chi connectivity index (χ4n) is 8.94. The molecule has 0 amide bonds. The van der Waals surface area contributed by atoms with Gasteiger partial charge in [0, 0.05) is 22.5 Å². The van der Waals surface area contributed by atoms with Gasteiger partial charge in [-0.25, -0.2) is 9.97 Å². The van der Waals surface area contributed by atoms with Gasteiger partial charge in [-0.3, -0.25) is 4.57 Å². The molecule has 0 radical (unpaired) electrons. The number of para-hydroxylation sites is 1. The van der Waals surface area contributed by atoms with E-state index in [1.54, 1.807) is 6.07 Å². The molecule has 0 saturated carbocycles. The van der Waals surface area contributed by atoms with Crippen LogP contribution < -0.4 is 0 Å². The minimum Gasteiger partial charge on any atom is -0.507 e. The number of imidazole rings is 1. The Bertz CT molecular complexity index is 3130. The van der Waals surface area contributed by atoms with E-state index < -0.39 is 0 Å². The number of hydrogen-bond donors (Lipinski definition) is 1. The first-order valence-corrected chi connectivity index (χ1v) is 20.9. The first-order chi connectivity index (χ1) is 29.3. The van der Waals surface area contributed by atoms with E-state index in [0.29, 0.717) is 0 Å². The summed E-state index contributed by atoms with van der Waals surface area (Å²) in [5.74, 6) is 1.62. The third kappa shape index (κ3) is 6.42. The van der Waals surface area contributed by atoms with Gasteiger partial charge in [-0.05, 0) is 90.7 Å². The predicted octanol–water partition coefficient (Wildman–Crippen LogP) is 15.0. The maximum absolute atomic E-state index is 11.1. The van der Waals surface area contributed by atoms with E-state index in [1.807, 2.05) is 18.2 Å². The minimum atomic E-state index is 0.220. The Labute approximate surface area is 351 Å². The van der Waals surface area contributed by atoms with Gasteiger partial charge in [0.25, 0.3) is 0 Å². The molecular formula is C56H45N3O. The van der Waals surface area contributed by atoms with Gasteiger partial charge in [-0.15, -0.1) is 0 Å². The molecule has 2 heterocycles. The molecule has 0 atom stereocenters. The van der Waals surface area contributed by atoms with Crippen LogP contribution in [0.2, 0.25) is 0 Å². The summed E-state index contributed by atoms with van der Waals surface area (Å²) in [6.07, 6.45) is 2.17. The first kappa shape index (κ1) is 37.0. The maximum Gasteiger partial charge on any atom is 0.145 e. The highest BCUT2D eigenvalue weighted by atomic mass is 16.3. The second-order valence-electron chi connectivity index (χ2n) is 16.3. The van der Waals surface area contributed by atoms with Crippen LogP contribution in [0, 0.1) is 0 Å². The van der Waals surface area contributed by atoms with Gasteiger partial charge in [-0.1, -0.05) is 185 Å². The molecule has 60 heavy (non-hydrogen) atoms. The fourth-order valence-corrected chi connectivity index (χ4v) is 8.94. The second kappa shape index (κ2) is 15.1. The SMILES string of the molecule is CC(C)c1cccc(C(C)C)c1-n1cc(-c2ccc3ccc4cccc(O)c4c3n2)nc1-c1cccc2ccc(-c3c(-c4ccccc4)cccc3-c3ccccc3)cc12. The van der Waals surface area contributed by atoms with Crippen LogP contribution in [0.4, 0.5) is 0 Å². The van der Waals surface area contributed by atoms with Gasteiger partial charge < -0.3 is 5.11 Å². The zero-order valence-corrected chi connectivity index (χ0v) is 34.3. The van der Waals surface area contributed by atoms with Crippen molar-refractivity contribution in [3.8, 4) is 67.6 Å². The summed E-state index contributed by atoms with van der Waals surface area (Å²) < 4.78 is 2.32. The van der Waals surface area contributed by atoms with Crippen LogP contribution >= 0.6 is 0 Å². The molecule has 0 aliphatic rings. The molecule has 0 aliphatic heterocycles. The highest BCUT2D eigenvalue weighted by molar-refractivity contribution is 6.09. The predicted molar refractivity (Wildman–Crippen MR) is 251 cm³/mol. The minimum absolute atomic E-state index is 0.220. The van der Waals surface area contributed by atoms with Crippen molar-refractivity contribution in [2.45, 2.75) is 39.5 Å². The molecule has 1 N–H and O–H groups in total. The Balaban J connectivity index is 1.25. The Morgan fingerprint density at radius 2 is 1.03 bits per heavy atom. The van der Waals surface area contributed by atoms with Crippen LogP contribution in [0.1, 0.15) is 50.7 Å². The number of phenols is 1. The van der Waals surface area contributed by atoms with Crippen LogP contribution in [0.3, 0.4) is 0 Å². The molecule has 290 valence electrons. The van der Waals surface area contributed by atoms with Crippen molar-refractivity contribution in [3.63, 3.8) is 0 Å². The third-order valence-corrected chi connectivity index (χ3v) is 11.9. The number of hydrogen-bond acceptors (Lipinski definition) is 3. The number of aromatic nitrogens is 3. The third-order valence-electron chi connectivity index (χ3n) is 11.9. The van der Waals surface area contributed by atoms with Gasteiger partial charge in [-0.2, -0.15) is 0 Å². The van der Waals surface area contributed by atoms with E-state index in [1.165, 1.54) is 38.9 Å². The molecule has 0 bridgehead atoms. The lowest BCUT2D eigenvalue weighted by Crippen LogP contribution is -2.08. The summed E-state index contributed by atoms with van der Waals surface area (Å²) in [6, 6.07) is 62.0. The van der Waals surface area contributed by atoms with Gasteiger partial charge in [0.15, 0.2) is 0 Å². The molecular weight excluding hydrogens is 731 g/mol. The van der Waals surface area contributed by atoms with Crippen molar-refractivity contribution in [2.75, 3.05) is 0 Å².